The topological polar surface area (TPSA) is 139 Å². The van der Waals surface area contributed by atoms with Gasteiger partial charge in [0.15, 0.2) is 5.75 Å². The first-order chi connectivity index (χ1) is 18.8. The predicted molar refractivity (Wildman–Crippen MR) is 142 cm³/mol. The van der Waals surface area contributed by atoms with E-state index in [1.165, 1.54) is 29.8 Å². The van der Waals surface area contributed by atoms with E-state index in [-0.39, 0.29) is 53.5 Å². The summed E-state index contributed by atoms with van der Waals surface area (Å²) in [6.45, 7) is 0.126. The molecule has 0 saturated carbocycles. The number of hydrogen-bond donors (Lipinski definition) is 2. The van der Waals surface area contributed by atoms with Gasteiger partial charge in [0.2, 0.25) is 0 Å². The number of aliphatic carboxylic acids is 1. The lowest BCUT2D eigenvalue weighted by molar-refractivity contribution is -0.206. The Kier molecular flexibility index (Phi) is 8.95. The summed E-state index contributed by atoms with van der Waals surface area (Å²) in [7, 11) is -4.05. The van der Waals surface area contributed by atoms with Gasteiger partial charge in [-0.2, -0.15) is 4.89 Å². The zero-order valence-corrected chi connectivity index (χ0v) is 21.9. The number of sulfonamides is 1. The molecule has 1 heterocycles. The quantitative estimate of drug-likeness (QED) is 0.131. The first-order valence-electron chi connectivity index (χ1n) is 12.4. The molecule has 0 spiro atoms. The van der Waals surface area contributed by atoms with E-state index in [4.69, 9.17) is 14.9 Å². The fraction of sp³-hybridized carbons (Fsp3) is 0.250. The number of carbonyl (C=O) groups is 3. The number of benzene rings is 3. The third kappa shape index (κ3) is 7.01. The second-order valence-corrected chi connectivity index (χ2v) is 10.6. The van der Waals surface area contributed by atoms with Crippen LogP contribution in [0.3, 0.4) is 0 Å². The molecule has 0 aliphatic carbocycles. The van der Waals surface area contributed by atoms with E-state index in [0.717, 1.165) is 17.7 Å². The highest BCUT2D eigenvalue weighted by Crippen LogP contribution is 2.35. The number of imide groups is 1. The largest absolute Gasteiger partial charge is 0.481 e. The number of nitrogens with one attached hydrogen (secondary N) is 1. The summed E-state index contributed by atoms with van der Waals surface area (Å²) < 4.78 is 28.4. The summed E-state index contributed by atoms with van der Waals surface area (Å²) >= 11 is 0. The first kappa shape index (κ1) is 27.8. The first-order valence-corrected chi connectivity index (χ1v) is 13.9. The van der Waals surface area contributed by atoms with Gasteiger partial charge >= 0.3 is 5.97 Å². The van der Waals surface area contributed by atoms with Crippen LogP contribution in [0, 0.1) is 0 Å². The molecule has 39 heavy (non-hydrogen) atoms. The number of hydrogen-bond acceptors (Lipinski definition) is 7. The molecule has 10 nitrogen and oxygen atoms in total. The van der Waals surface area contributed by atoms with E-state index < -0.39 is 27.8 Å². The van der Waals surface area contributed by atoms with Crippen molar-refractivity contribution in [2.75, 3.05) is 17.9 Å². The molecule has 0 saturated heterocycles. The van der Waals surface area contributed by atoms with Crippen LogP contribution in [0.1, 0.15) is 52.0 Å². The monoisotopic (exact) mass is 552 g/mol. The molecule has 1 aliphatic heterocycles. The summed E-state index contributed by atoms with van der Waals surface area (Å²) in [4.78, 5) is 48.4. The molecule has 2 N–H and O–H groups in total. The zero-order chi connectivity index (χ0) is 27.8. The van der Waals surface area contributed by atoms with E-state index in [0.29, 0.717) is 6.42 Å². The molecule has 0 unspecified atom stereocenters. The lowest BCUT2D eigenvalue weighted by atomic mass is 10.1. The van der Waals surface area contributed by atoms with Crippen LogP contribution in [-0.2, 0) is 26.1 Å². The number of unbranched alkanes of at least 4 members (excludes halogenated alkanes) is 1. The Labute approximate surface area is 226 Å². The summed E-state index contributed by atoms with van der Waals surface area (Å²) in [5.74, 6) is -2.38. The molecule has 2 amide bonds. The predicted octanol–water partition coefficient (Wildman–Crippen LogP) is 4.28. The van der Waals surface area contributed by atoms with Gasteiger partial charge in [-0.15, -0.1) is 0 Å². The number of anilines is 1. The lowest BCUT2D eigenvalue weighted by Gasteiger charge is -2.14. The van der Waals surface area contributed by atoms with Crippen molar-refractivity contribution in [3.05, 3.63) is 89.5 Å². The third-order valence-corrected chi connectivity index (χ3v) is 7.46. The fourth-order valence-corrected chi connectivity index (χ4v) is 5.18. The minimum absolute atomic E-state index is 0.00372. The van der Waals surface area contributed by atoms with Gasteiger partial charge in [-0.1, -0.05) is 48.5 Å². The molecular formula is C28H28N2O8S. The lowest BCUT2D eigenvalue weighted by Crippen LogP contribution is -2.31. The van der Waals surface area contributed by atoms with Gasteiger partial charge in [0.25, 0.3) is 21.8 Å². The maximum Gasteiger partial charge on any atom is 0.303 e. The average molecular weight is 553 g/mol. The number of carboxylic acid groups (broad SMARTS) is 1. The van der Waals surface area contributed by atoms with Crippen LogP contribution in [0.15, 0.2) is 77.7 Å². The molecule has 0 fully saturated rings. The molecule has 11 heteroatoms. The molecule has 0 aromatic heterocycles. The normalized spacial score (nSPS) is 12.9. The van der Waals surface area contributed by atoms with Crippen molar-refractivity contribution in [1.29, 1.82) is 0 Å². The van der Waals surface area contributed by atoms with Crippen molar-refractivity contribution in [3.8, 4) is 5.75 Å². The minimum Gasteiger partial charge on any atom is -0.481 e. The number of fused-ring (bicyclic) bond motifs is 1. The Hall–Kier alpha value is -4.22. The van der Waals surface area contributed by atoms with Crippen LogP contribution >= 0.6 is 0 Å². The molecular weight excluding hydrogens is 524 g/mol. The van der Waals surface area contributed by atoms with Crippen LogP contribution in [0.4, 0.5) is 5.69 Å². The van der Waals surface area contributed by atoms with Gasteiger partial charge in [0, 0.05) is 19.0 Å². The Morgan fingerprint density at radius 3 is 2.18 bits per heavy atom. The van der Waals surface area contributed by atoms with E-state index in [2.05, 4.69) is 4.72 Å². The van der Waals surface area contributed by atoms with E-state index in [9.17, 15) is 22.8 Å². The Morgan fingerprint density at radius 1 is 0.872 bits per heavy atom. The highest BCUT2D eigenvalue weighted by molar-refractivity contribution is 7.92. The standard InChI is InChI=1S/C28H28N2O8S/c31-26(32)15-9-16-30-27(33)22-18-24(29-39(35,36)21-13-5-2-6-14-21)25(19-23(22)28(30)34)38-37-17-8-7-12-20-10-3-1-4-11-20/h1-6,10-11,13-14,18-19,29H,7-9,12,15-17H2,(H,31,32). The SMILES string of the molecule is O=C(O)CCCN1C(=O)c2cc(NS(=O)(=O)c3ccccc3)c(OOCCCCc3ccccc3)cc2C1=O. The second kappa shape index (κ2) is 12.5. The number of amides is 2. The van der Waals surface area contributed by atoms with Gasteiger partial charge in [0.05, 0.1) is 28.3 Å². The molecule has 3 aromatic carbocycles. The number of rotatable bonds is 14. The molecule has 1 aliphatic rings. The molecule has 4 rings (SSSR count). The van der Waals surface area contributed by atoms with E-state index in [1.54, 1.807) is 18.2 Å². The van der Waals surface area contributed by atoms with Crippen molar-refractivity contribution in [1.82, 2.24) is 4.90 Å². The highest BCUT2D eigenvalue weighted by Gasteiger charge is 2.37. The maximum absolute atomic E-state index is 13.0. The fourth-order valence-electron chi connectivity index (χ4n) is 4.10. The van der Waals surface area contributed by atoms with Crippen LogP contribution in [0.5, 0.6) is 5.75 Å². The molecule has 0 radical (unpaired) electrons. The number of carboxylic acids is 1. The second-order valence-electron chi connectivity index (χ2n) is 8.92. The van der Waals surface area contributed by atoms with Crippen molar-refractivity contribution in [3.63, 3.8) is 0 Å². The summed E-state index contributed by atoms with van der Waals surface area (Å²) in [5, 5.41) is 8.88. The summed E-state index contributed by atoms with van der Waals surface area (Å²) in [5.41, 5.74) is 1.12. The van der Waals surface area contributed by atoms with Crippen molar-refractivity contribution in [2.45, 2.75) is 37.0 Å². The van der Waals surface area contributed by atoms with Crippen LogP contribution < -0.4 is 9.61 Å². The zero-order valence-electron chi connectivity index (χ0n) is 21.0. The highest BCUT2D eigenvalue weighted by atomic mass is 32.2. The van der Waals surface area contributed by atoms with Gasteiger partial charge in [-0.05, 0) is 49.4 Å². The number of aryl methyl sites for hydroxylation is 1. The molecule has 0 bridgehead atoms. The van der Waals surface area contributed by atoms with Gasteiger partial charge in [-0.3, -0.25) is 24.0 Å². The Balaban J connectivity index is 1.50. The van der Waals surface area contributed by atoms with Gasteiger partial charge in [0.1, 0.15) is 0 Å². The van der Waals surface area contributed by atoms with Crippen molar-refractivity contribution >= 4 is 33.5 Å². The Bertz CT molecular complexity index is 1440. The molecule has 0 atom stereocenters. The van der Waals surface area contributed by atoms with Crippen molar-refractivity contribution < 1.29 is 37.7 Å². The van der Waals surface area contributed by atoms with Crippen LogP contribution in [0.2, 0.25) is 0 Å². The summed E-state index contributed by atoms with van der Waals surface area (Å²) in [6.07, 6.45) is 2.24. The van der Waals surface area contributed by atoms with Crippen LogP contribution in [0.25, 0.3) is 0 Å². The van der Waals surface area contributed by atoms with Crippen LogP contribution in [-0.4, -0.2) is 49.4 Å². The Morgan fingerprint density at radius 2 is 1.51 bits per heavy atom. The van der Waals surface area contributed by atoms with E-state index in [1.807, 2.05) is 30.3 Å². The minimum atomic E-state index is -4.05. The third-order valence-electron chi connectivity index (χ3n) is 6.08. The van der Waals surface area contributed by atoms with E-state index >= 15 is 0 Å². The van der Waals surface area contributed by atoms with Gasteiger partial charge in [-0.25, -0.2) is 8.42 Å². The smallest absolute Gasteiger partial charge is 0.303 e. The summed E-state index contributed by atoms with van der Waals surface area (Å²) in [6, 6.07) is 20.1. The average Bonchev–Trinajstić information content (AvgIpc) is 3.15. The number of carbonyl (C=O) groups excluding carboxylic acids is 2. The molecule has 3 aromatic rings. The molecule has 204 valence electrons. The van der Waals surface area contributed by atoms with Gasteiger partial charge < -0.3 is 9.99 Å². The maximum atomic E-state index is 13.0. The van der Waals surface area contributed by atoms with Crippen molar-refractivity contribution in [2.24, 2.45) is 0 Å². The number of nitrogens with zero attached hydrogens (tertiary/aromatic N) is 1.